The molecule has 7 heteroatoms. The van der Waals surface area contributed by atoms with E-state index in [1.54, 1.807) is 24.3 Å². The number of nitrogens with one attached hydrogen (secondary N) is 1. The van der Waals surface area contributed by atoms with E-state index in [0.29, 0.717) is 22.9 Å². The highest BCUT2D eigenvalue weighted by molar-refractivity contribution is 8.00. The van der Waals surface area contributed by atoms with Gasteiger partial charge in [0.15, 0.2) is 0 Å². The van der Waals surface area contributed by atoms with E-state index in [0.717, 1.165) is 28.7 Å². The minimum absolute atomic E-state index is 0.0852. The lowest BCUT2D eigenvalue weighted by Gasteiger charge is -2.31. The summed E-state index contributed by atoms with van der Waals surface area (Å²) in [5.74, 6) is 0.0973. The second kappa shape index (κ2) is 10.3. The van der Waals surface area contributed by atoms with Gasteiger partial charge in [0.05, 0.1) is 11.3 Å². The molecule has 1 aromatic heterocycles. The third-order valence-corrected chi connectivity index (χ3v) is 7.27. The van der Waals surface area contributed by atoms with E-state index in [1.165, 1.54) is 37.1 Å². The summed E-state index contributed by atoms with van der Waals surface area (Å²) in [6.07, 6.45) is 5.74. The Bertz CT molecular complexity index is 1230. The van der Waals surface area contributed by atoms with Gasteiger partial charge >= 0.3 is 5.63 Å². The van der Waals surface area contributed by atoms with Crippen molar-refractivity contribution < 1.29 is 14.0 Å². The van der Waals surface area contributed by atoms with Gasteiger partial charge in [-0.25, -0.2) is 4.79 Å². The number of carbonyl (C=O) groups is 2. The average Bonchev–Trinajstić information content (AvgIpc) is 2.82. The minimum Gasteiger partial charge on any atom is -0.423 e. The quantitative estimate of drug-likeness (QED) is 0.399. The Kier molecular flexibility index (Phi) is 7.18. The first kappa shape index (κ1) is 23.1. The molecule has 1 heterocycles. The summed E-state index contributed by atoms with van der Waals surface area (Å²) in [7, 11) is 1.89. The van der Waals surface area contributed by atoms with Crippen molar-refractivity contribution in [3.05, 3.63) is 70.1 Å². The molecule has 0 unspecified atom stereocenters. The Hall–Kier alpha value is -3.06. The molecule has 33 heavy (non-hydrogen) atoms. The topological polar surface area (TPSA) is 79.6 Å². The van der Waals surface area contributed by atoms with Gasteiger partial charge in [-0.3, -0.25) is 9.59 Å². The van der Waals surface area contributed by atoms with Crippen LogP contribution in [0.5, 0.6) is 0 Å². The Morgan fingerprint density at radius 2 is 1.85 bits per heavy atom. The van der Waals surface area contributed by atoms with Crippen LogP contribution in [0.1, 0.15) is 48.0 Å². The van der Waals surface area contributed by atoms with Crippen molar-refractivity contribution in [2.24, 2.45) is 0 Å². The van der Waals surface area contributed by atoms with Crippen molar-refractivity contribution in [1.82, 2.24) is 4.90 Å². The summed E-state index contributed by atoms with van der Waals surface area (Å²) in [5, 5.41) is 3.71. The third-order valence-electron chi connectivity index (χ3n) is 6.21. The van der Waals surface area contributed by atoms with Gasteiger partial charge in [-0.2, -0.15) is 0 Å². The van der Waals surface area contributed by atoms with Crippen LogP contribution in [-0.2, 0) is 4.79 Å². The first-order chi connectivity index (χ1) is 15.9. The van der Waals surface area contributed by atoms with Crippen LogP contribution in [0.3, 0.4) is 0 Å². The molecule has 2 aromatic carbocycles. The van der Waals surface area contributed by atoms with E-state index in [-0.39, 0.29) is 17.6 Å². The fourth-order valence-electron chi connectivity index (χ4n) is 4.29. The number of carbonyl (C=O) groups excluding carboxylic acids is 2. The fraction of sp³-hybridized carbons (Fsp3) is 0.346. The molecule has 1 N–H and O–H groups in total. The SMILES string of the molecule is Cc1cc(=O)oc2cc(NC(=O)c3ccccc3SCC(=O)N(C)C3CCCCC3)ccc12. The number of nitrogens with zero attached hydrogens (tertiary/aromatic N) is 1. The zero-order chi connectivity index (χ0) is 23.4. The van der Waals surface area contributed by atoms with E-state index in [4.69, 9.17) is 4.42 Å². The molecule has 0 aliphatic heterocycles. The standard InChI is InChI=1S/C26H28N2O4S/c1-17-14-25(30)32-22-15-18(12-13-20(17)22)27-26(31)21-10-6-7-11-23(21)33-16-24(29)28(2)19-8-4-3-5-9-19/h6-7,10-15,19H,3-5,8-9,16H2,1-2H3,(H,27,31). The lowest BCUT2D eigenvalue weighted by molar-refractivity contribution is -0.129. The maximum atomic E-state index is 13.0. The summed E-state index contributed by atoms with van der Waals surface area (Å²) in [5.41, 5.74) is 1.86. The predicted molar refractivity (Wildman–Crippen MR) is 132 cm³/mol. The maximum Gasteiger partial charge on any atom is 0.336 e. The first-order valence-corrected chi connectivity index (χ1v) is 12.2. The highest BCUT2D eigenvalue weighted by atomic mass is 32.2. The van der Waals surface area contributed by atoms with Crippen LogP contribution in [0, 0.1) is 6.92 Å². The number of amides is 2. The summed E-state index contributed by atoms with van der Waals surface area (Å²) < 4.78 is 5.28. The zero-order valence-corrected chi connectivity index (χ0v) is 19.7. The van der Waals surface area contributed by atoms with E-state index in [9.17, 15) is 14.4 Å². The molecule has 0 saturated heterocycles. The molecular formula is C26H28N2O4S. The Labute approximate surface area is 197 Å². The van der Waals surface area contributed by atoms with Gasteiger partial charge in [-0.05, 0) is 49.6 Å². The van der Waals surface area contributed by atoms with Crippen LogP contribution in [0.25, 0.3) is 11.0 Å². The van der Waals surface area contributed by atoms with E-state index in [1.807, 2.05) is 37.1 Å². The molecule has 0 spiro atoms. The number of aryl methyl sites for hydroxylation is 1. The van der Waals surface area contributed by atoms with Crippen molar-refractivity contribution in [3.63, 3.8) is 0 Å². The fourth-order valence-corrected chi connectivity index (χ4v) is 5.27. The van der Waals surface area contributed by atoms with Gasteiger partial charge in [0.25, 0.3) is 5.91 Å². The summed E-state index contributed by atoms with van der Waals surface area (Å²) in [6, 6.07) is 14.3. The summed E-state index contributed by atoms with van der Waals surface area (Å²) >= 11 is 1.38. The van der Waals surface area contributed by atoms with Crippen LogP contribution < -0.4 is 10.9 Å². The zero-order valence-electron chi connectivity index (χ0n) is 18.9. The van der Waals surface area contributed by atoms with Gasteiger partial charge in [-0.15, -0.1) is 11.8 Å². The number of rotatable bonds is 6. The molecule has 3 aromatic rings. The molecule has 2 amide bonds. The van der Waals surface area contributed by atoms with Crippen molar-refractivity contribution >= 4 is 40.2 Å². The highest BCUT2D eigenvalue weighted by Crippen LogP contribution is 2.27. The molecule has 6 nitrogen and oxygen atoms in total. The van der Waals surface area contributed by atoms with Crippen LogP contribution in [-0.4, -0.2) is 35.6 Å². The third kappa shape index (κ3) is 5.47. The first-order valence-electron chi connectivity index (χ1n) is 11.3. The number of anilines is 1. The van der Waals surface area contributed by atoms with Crippen LogP contribution in [0.2, 0.25) is 0 Å². The molecule has 172 valence electrons. The maximum absolute atomic E-state index is 13.0. The average molecular weight is 465 g/mol. The molecule has 1 aliphatic rings. The number of hydrogen-bond acceptors (Lipinski definition) is 5. The second-order valence-corrected chi connectivity index (χ2v) is 9.51. The van der Waals surface area contributed by atoms with Crippen LogP contribution in [0.15, 0.2) is 62.6 Å². The number of benzene rings is 2. The second-order valence-electron chi connectivity index (χ2n) is 8.49. The number of fused-ring (bicyclic) bond motifs is 1. The molecular weight excluding hydrogens is 436 g/mol. The molecule has 0 bridgehead atoms. The van der Waals surface area contributed by atoms with Crippen molar-refractivity contribution in [3.8, 4) is 0 Å². The molecule has 4 rings (SSSR count). The van der Waals surface area contributed by atoms with Crippen molar-refractivity contribution in [2.45, 2.75) is 50.0 Å². The molecule has 0 atom stereocenters. The van der Waals surface area contributed by atoms with Crippen molar-refractivity contribution in [2.75, 3.05) is 18.1 Å². The van der Waals surface area contributed by atoms with E-state index < -0.39 is 5.63 Å². The van der Waals surface area contributed by atoms with E-state index in [2.05, 4.69) is 5.32 Å². The van der Waals surface area contributed by atoms with Gasteiger partial charge in [0.1, 0.15) is 5.58 Å². The molecule has 0 radical (unpaired) electrons. The molecule has 1 fully saturated rings. The smallest absolute Gasteiger partial charge is 0.336 e. The van der Waals surface area contributed by atoms with Crippen molar-refractivity contribution in [1.29, 1.82) is 0 Å². The Morgan fingerprint density at radius 3 is 2.64 bits per heavy atom. The largest absolute Gasteiger partial charge is 0.423 e. The van der Waals surface area contributed by atoms with Crippen LogP contribution >= 0.6 is 11.8 Å². The van der Waals surface area contributed by atoms with Gasteiger partial charge in [0.2, 0.25) is 5.91 Å². The summed E-state index contributed by atoms with van der Waals surface area (Å²) in [6.45, 7) is 1.85. The molecule has 1 saturated carbocycles. The van der Waals surface area contributed by atoms with Crippen LogP contribution in [0.4, 0.5) is 5.69 Å². The molecule has 1 aliphatic carbocycles. The minimum atomic E-state index is -0.423. The van der Waals surface area contributed by atoms with Gasteiger partial charge < -0.3 is 14.6 Å². The van der Waals surface area contributed by atoms with Gasteiger partial charge in [-0.1, -0.05) is 31.4 Å². The monoisotopic (exact) mass is 464 g/mol. The predicted octanol–water partition coefficient (Wildman–Crippen LogP) is 5.24. The Morgan fingerprint density at radius 1 is 1.09 bits per heavy atom. The van der Waals surface area contributed by atoms with E-state index >= 15 is 0 Å². The normalized spacial score (nSPS) is 14.2. The lowest BCUT2D eigenvalue weighted by atomic mass is 9.94. The Balaban J connectivity index is 1.45. The highest BCUT2D eigenvalue weighted by Gasteiger charge is 2.22. The number of hydrogen-bond donors (Lipinski definition) is 1. The van der Waals surface area contributed by atoms with Gasteiger partial charge in [0, 0.05) is 41.2 Å². The summed E-state index contributed by atoms with van der Waals surface area (Å²) in [4.78, 5) is 40.1. The number of thioether (sulfide) groups is 1. The lowest BCUT2D eigenvalue weighted by Crippen LogP contribution is -2.39.